The van der Waals surface area contributed by atoms with E-state index in [1.165, 1.54) is 12.3 Å². The average Bonchev–Trinajstić information content (AvgIpc) is 2.77. The SMILES string of the molecule is O=C(NC1CCCCCC1C(=O)O)c1ccno1. The number of carboxylic acid groups (broad SMARTS) is 1. The van der Waals surface area contributed by atoms with Crippen molar-refractivity contribution in [2.24, 2.45) is 5.92 Å². The second-order valence-electron chi connectivity index (χ2n) is 4.54. The fraction of sp³-hybridized carbons (Fsp3) is 0.583. The lowest BCUT2D eigenvalue weighted by molar-refractivity contribution is -0.142. The molecule has 1 aromatic rings. The number of carbonyl (C=O) groups is 2. The molecule has 1 amide bonds. The quantitative estimate of drug-likeness (QED) is 0.794. The molecule has 2 atom stereocenters. The Labute approximate surface area is 104 Å². The van der Waals surface area contributed by atoms with Crippen LogP contribution in [-0.4, -0.2) is 28.2 Å². The van der Waals surface area contributed by atoms with Crippen LogP contribution in [0.2, 0.25) is 0 Å². The van der Waals surface area contributed by atoms with Gasteiger partial charge in [-0.3, -0.25) is 9.59 Å². The van der Waals surface area contributed by atoms with E-state index in [1.54, 1.807) is 0 Å². The van der Waals surface area contributed by atoms with Crippen LogP contribution in [0.3, 0.4) is 0 Å². The summed E-state index contributed by atoms with van der Waals surface area (Å²) < 4.78 is 4.75. The minimum Gasteiger partial charge on any atom is -0.481 e. The normalized spacial score (nSPS) is 24.2. The standard InChI is InChI=1S/C12H16N2O4/c15-11(10-6-7-13-18-10)14-9-5-3-1-2-4-8(9)12(16)17/h6-9H,1-5H2,(H,14,15)(H,16,17). The molecule has 0 saturated heterocycles. The van der Waals surface area contributed by atoms with Crippen molar-refractivity contribution >= 4 is 11.9 Å². The first-order valence-corrected chi connectivity index (χ1v) is 6.13. The Morgan fingerprint density at radius 2 is 2.11 bits per heavy atom. The Morgan fingerprint density at radius 1 is 1.33 bits per heavy atom. The highest BCUT2D eigenvalue weighted by Gasteiger charge is 2.31. The van der Waals surface area contributed by atoms with Gasteiger partial charge in [0.15, 0.2) is 0 Å². The maximum absolute atomic E-state index is 11.8. The van der Waals surface area contributed by atoms with Crippen molar-refractivity contribution in [2.75, 3.05) is 0 Å². The predicted molar refractivity (Wildman–Crippen MR) is 62.0 cm³/mol. The number of amides is 1. The van der Waals surface area contributed by atoms with Crippen molar-refractivity contribution in [2.45, 2.75) is 38.1 Å². The minimum atomic E-state index is -0.847. The fourth-order valence-electron chi connectivity index (χ4n) is 2.35. The van der Waals surface area contributed by atoms with Gasteiger partial charge < -0.3 is 14.9 Å². The Morgan fingerprint density at radius 3 is 2.78 bits per heavy atom. The van der Waals surface area contributed by atoms with Crippen LogP contribution in [0, 0.1) is 5.92 Å². The van der Waals surface area contributed by atoms with Crippen LogP contribution in [0.5, 0.6) is 0 Å². The van der Waals surface area contributed by atoms with Gasteiger partial charge in [0.2, 0.25) is 5.76 Å². The number of carbonyl (C=O) groups excluding carboxylic acids is 1. The molecule has 1 saturated carbocycles. The molecule has 1 fully saturated rings. The topological polar surface area (TPSA) is 92.4 Å². The molecule has 98 valence electrons. The van der Waals surface area contributed by atoms with Gasteiger partial charge in [0.05, 0.1) is 12.1 Å². The third-order valence-electron chi connectivity index (χ3n) is 3.31. The minimum absolute atomic E-state index is 0.114. The molecule has 18 heavy (non-hydrogen) atoms. The maximum Gasteiger partial charge on any atom is 0.308 e. The van der Waals surface area contributed by atoms with Crippen molar-refractivity contribution < 1.29 is 19.2 Å². The second kappa shape index (κ2) is 5.66. The van der Waals surface area contributed by atoms with Gasteiger partial charge in [-0.05, 0) is 12.8 Å². The van der Waals surface area contributed by atoms with Gasteiger partial charge in [-0.15, -0.1) is 0 Å². The number of hydrogen-bond donors (Lipinski definition) is 2. The van der Waals surface area contributed by atoms with E-state index in [1.807, 2.05) is 0 Å². The highest BCUT2D eigenvalue weighted by atomic mass is 16.5. The van der Waals surface area contributed by atoms with Gasteiger partial charge >= 0.3 is 5.97 Å². The molecule has 2 rings (SSSR count). The molecule has 1 aromatic heterocycles. The number of hydrogen-bond acceptors (Lipinski definition) is 4. The fourth-order valence-corrected chi connectivity index (χ4v) is 2.35. The van der Waals surface area contributed by atoms with E-state index in [2.05, 4.69) is 10.5 Å². The van der Waals surface area contributed by atoms with Crippen LogP contribution in [0.4, 0.5) is 0 Å². The van der Waals surface area contributed by atoms with Gasteiger partial charge in [-0.2, -0.15) is 0 Å². The van der Waals surface area contributed by atoms with Crippen molar-refractivity contribution in [3.63, 3.8) is 0 Å². The Balaban J connectivity index is 2.04. The van der Waals surface area contributed by atoms with E-state index < -0.39 is 17.8 Å². The van der Waals surface area contributed by atoms with Crippen molar-refractivity contribution in [3.05, 3.63) is 18.0 Å². The maximum atomic E-state index is 11.8. The van der Waals surface area contributed by atoms with E-state index in [0.717, 1.165) is 19.3 Å². The summed E-state index contributed by atoms with van der Waals surface area (Å²) in [5, 5.41) is 15.4. The molecule has 2 unspecified atom stereocenters. The molecular weight excluding hydrogens is 236 g/mol. The molecule has 0 spiro atoms. The summed E-state index contributed by atoms with van der Waals surface area (Å²) in [6, 6.07) is 1.13. The van der Waals surface area contributed by atoms with Crippen molar-refractivity contribution in [3.8, 4) is 0 Å². The molecule has 0 bridgehead atoms. The Hall–Kier alpha value is -1.85. The molecule has 6 nitrogen and oxygen atoms in total. The van der Waals surface area contributed by atoms with Crippen LogP contribution in [0.25, 0.3) is 0 Å². The van der Waals surface area contributed by atoms with Crippen molar-refractivity contribution in [1.29, 1.82) is 0 Å². The molecule has 0 radical (unpaired) electrons. The monoisotopic (exact) mass is 252 g/mol. The highest BCUT2D eigenvalue weighted by molar-refractivity contribution is 5.91. The first-order valence-electron chi connectivity index (χ1n) is 6.13. The van der Waals surface area contributed by atoms with Crippen LogP contribution >= 0.6 is 0 Å². The zero-order chi connectivity index (χ0) is 13.0. The van der Waals surface area contributed by atoms with Gasteiger partial charge in [-0.1, -0.05) is 24.4 Å². The lowest BCUT2D eigenvalue weighted by Gasteiger charge is -2.22. The summed E-state index contributed by atoms with van der Waals surface area (Å²) >= 11 is 0. The largest absolute Gasteiger partial charge is 0.481 e. The van der Waals surface area contributed by atoms with E-state index in [9.17, 15) is 14.7 Å². The molecular formula is C12H16N2O4. The highest BCUT2D eigenvalue weighted by Crippen LogP contribution is 2.24. The summed E-state index contributed by atoms with van der Waals surface area (Å²) in [6.07, 6.45) is 5.53. The third-order valence-corrected chi connectivity index (χ3v) is 3.31. The summed E-state index contributed by atoms with van der Waals surface area (Å²) in [7, 11) is 0. The average molecular weight is 252 g/mol. The van der Waals surface area contributed by atoms with Gasteiger partial charge in [-0.25, -0.2) is 0 Å². The van der Waals surface area contributed by atoms with Crippen LogP contribution in [0.15, 0.2) is 16.8 Å². The summed E-state index contributed by atoms with van der Waals surface area (Å²) in [5.41, 5.74) is 0. The van der Waals surface area contributed by atoms with Gasteiger partial charge in [0, 0.05) is 12.1 Å². The third kappa shape index (κ3) is 2.88. The predicted octanol–water partition coefficient (Wildman–Crippen LogP) is 1.44. The van der Waals surface area contributed by atoms with Crippen LogP contribution < -0.4 is 5.32 Å². The van der Waals surface area contributed by atoms with Gasteiger partial charge in [0.25, 0.3) is 5.91 Å². The molecule has 6 heteroatoms. The Bertz CT molecular complexity index is 416. The number of carboxylic acids is 1. The molecule has 1 heterocycles. The van der Waals surface area contributed by atoms with E-state index in [-0.39, 0.29) is 11.8 Å². The van der Waals surface area contributed by atoms with Crippen LogP contribution in [0.1, 0.15) is 42.7 Å². The zero-order valence-electron chi connectivity index (χ0n) is 9.96. The van der Waals surface area contributed by atoms with E-state index in [4.69, 9.17) is 4.52 Å². The zero-order valence-corrected chi connectivity index (χ0v) is 9.96. The first kappa shape index (κ1) is 12.6. The lowest BCUT2D eigenvalue weighted by atomic mass is 9.95. The summed E-state index contributed by atoms with van der Waals surface area (Å²) in [4.78, 5) is 23.0. The molecule has 1 aliphatic carbocycles. The summed E-state index contributed by atoms with van der Waals surface area (Å²) in [6.45, 7) is 0. The molecule has 1 aliphatic rings. The molecule has 0 aromatic carbocycles. The lowest BCUT2D eigenvalue weighted by Crippen LogP contribution is -2.42. The summed E-state index contributed by atoms with van der Waals surface area (Å²) in [5.74, 6) is -1.65. The van der Waals surface area contributed by atoms with E-state index in [0.29, 0.717) is 12.8 Å². The molecule has 0 aliphatic heterocycles. The van der Waals surface area contributed by atoms with Gasteiger partial charge in [0.1, 0.15) is 0 Å². The van der Waals surface area contributed by atoms with Crippen molar-refractivity contribution in [1.82, 2.24) is 10.5 Å². The van der Waals surface area contributed by atoms with Crippen LogP contribution in [-0.2, 0) is 4.79 Å². The molecule has 2 N–H and O–H groups in total. The number of aromatic nitrogens is 1. The first-order chi connectivity index (χ1) is 8.68. The smallest absolute Gasteiger partial charge is 0.308 e. The number of nitrogens with one attached hydrogen (secondary N) is 1. The number of aliphatic carboxylic acids is 1. The van der Waals surface area contributed by atoms with E-state index >= 15 is 0 Å². The number of rotatable bonds is 3. The Kier molecular flexibility index (Phi) is 3.96. The number of nitrogens with zero attached hydrogens (tertiary/aromatic N) is 1. The second-order valence-corrected chi connectivity index (χ2v) is 4.54.